The van der Waals surface area contributed by atoms with Gasteiger partial charge in [0.1, 0.15) is 11.3 Å². The molecule has 0 spiro atoms. The van der Waals surface area contributed by atoms with Gasteiger partial charge in [0.2, 0.25) is 0 Å². The lowest BCUT2D eigenvalue weighted by Gasteiger charge is -2.28. The van der Waals surface area contributed by atoms with Crippen LogP contribution < -0.4 is 10.1 Å². The second-order valence-corrected chi connectivity index (χ2v) is 7.60. The van der Waals surface area contributed by atoms with E-state index in [1.54, 1.807) is 55.5 Å². The van der Waals surface area contributed by atoms with Gasteiger partial charge in [-0.2, -0.15) is 5.26 Å². The van der Waals surface area contributed by atoms with Crippen molar-refractivity contribution < 1.29 is 23.9 Å². The quantitative estimate of drug-likeness (QED) is 0.491. The number of carbonyl (C=O) groups is 3. The maximum absolute atomic E-state index is 12.4. The summed E-state index contributed by atoms with van der Waals surface area (Å²) in [5, 5.41) is 11.9. The van der Waals surface area contributed by atoms with E-state index in [4.69, 9.17) is 9.47 Å². The van der Waals surface area contributed by atoms with Gasteiger partial charge in [0.15, 0.2) is 18.5 Å². The zero-order valence-electron chi connectivity index (χ0n) is 18.0. The molecule has 1 amide bonds. The van der Waals surface area contributed by atoms with Crippen LogP contribution in [0.3, 0.4) is 0 Å². The third-order valence-corrected chi connectivity index (χ3v) is 4.96. The maximum Gasteiger partial charge on any atom is 0.344 e. The molecule has 162 valence electrons. The van der Waals surface area contributed by atoms with Crippen molar-refractivity contribution in [2.45, 2.75) is 39.3 Å². The molecule has 2 rings (SSSR count). The fourth-order valence-electron chi connectivity index (χ4n) is 2.54. The molecule has 7 nitrogen and oxygen atoms in total. The van der Waals surface area contributed by atoms with Crippen LogP contribution in [0.15, 0.2) is 54.6 Å². The molecule has 2 atom stereocenters. The summed E-state index contributed by atoms with van der Waals surface area (Å²) in [6.07, 6.45) is -1.08. The summed E-state index contributed by atoms with van der Waals surface area (Å²) >= 11 is 0. The molecule has 0 aliphatic carbocycles. The first-order valence-electron chi connectivity index (χ1n) is 9.91. The Labute approximate surface area is 182 Å². The summed E-state index contributed by atoms with van der Waals surface area (Å²) in [6.45, 7) is 6.26. The van der Waals surface area contributed by atoms with Crippen LogP contribution in [0.1, 0.15) is 43.6 Å². The molecule has 0 bridgehead atoms. The molecule has 0 aliphatic heterocycles. The van der Waals surface area contributed by atoms with Crippen LogP contribution in [0.25, 0.3) is 0 Å². The number of ether oxygens (including phenoxy) is 2. The Hall–Kier alpha value is -3.66. The molecule has 7 heteroatoms. The monoisotopic (exact) mass is 422 g/mol. The maximum atomic E-state index is 12.4. The van der Waals surface area contributed by atoms with Crippen LogP contribution in [0, 0.1) is 17.2 Å². The second-order valence-electron chi connectivity index (χ2n) is 7.60. The standard InChI is InChI=1S/C24H26N2O5/c1-16(2)24(4,15-25)26-23(29)17(3)31-21(27)14-30-20-12-10-19(11-13-20)22(28)18-8-6-5-7-9-18/h5-13,16-17H,14H2,1-4H3,(H,26,29)/t17-,24+/m1/s1. The number of rotatable bonds is 9. The highest BCUT2D eigenvalue weighted by Crippen LogP contribution is 2.17. The summed E-state index contributed by atoms with van der Waals surface area (Å²) in [4.78, 5) is 36.7. The minimum atomic E-state index is -1.08. The van der Waals surface area contributed by atoms with E-state index in [1.165, 1.54) is 6.92 Å². The second kappa shape index (κ2) is 10.4. The predicted molar refractivity (Wildman–Crippen MR) is 114 cm³/mol. The topological polar surface area (TPSA) is 105 Å². The lowest BCUT2D eigenvalue weighted by Crippen LogP contribution is -2.52. The first kappa shape index (κ1) is 23.6. The average molecular weight is 422 g/mol. The van der Waals surface area contributed by atoms with E-state index in [9.17, 15) is 19.6 Å². The van der Waals surface area contributed by atoms with Crippen molar-refractivity contribution in [1.82, 2.24) is 5.32 Å². The molecular formula is C24H26N2O5. The third kappa shape index (κ3) is 6.41. The van der Waals surface area contributed by atoms with Crippen LogP contribution in [0.4, 0.5) is 0 Å². The van der Waals surface area contributed by atoms with Crippen LogP contribution in [-0.4, -0.2) is 35.9 Å². The predicted octanol–water partition coefficient (Wildman–Crippen LogP) is 3.28. The number of nitrogens with one attached hydrogen (secondary N) is 1. The molecular weight excluding hydrogens is 396 g/mol. The SMILES string of the molecule is CC(C)[C@](C)(C#N)NC(=O)[C@@H](C)OC(=O)COc1ccc(C(=O)c2ccccc2)cc1. The van der Waals surface area contributed by atoms with Crippen LogP contribution in [0.5, 0.6) is 5.75 Å². The minimum absolute atomic E-state index is 0.114. The third-order valence-electron chi connectivity index (χ3n) is 4.96. The molecule has 0 aliphatic rings. The van der Waals surface area contributed by atoms with Gasteiger partial charge in [-0.1, -0.05) is 44.2 Å². The highest BCUT2D eigenvalue weighted by atomic mass is 16.6. The Morgan fingerprint density at radius 1 is 1.00 bits per heavy atom. The first-order valence-corrected chi connectivity index (χ1v) is 9.91. The number of hydrogen-bond donors (Lipinski definition) is 1. The summed E-state index contributed by atoms with van der Waals surface area (Å²) in [7, 11) is 0. The van der Waals surface area contributed by atoms with Crippen LogP contribution in [0.2, 0.25) is 0 Å². The zero-order chi connectivity index (χ0) is 23.0. The summed E-state index contributed by atoms with van der Waals surface area (Å²) in [5.41, 5.74) is 0.0155. The van der Waals surface area contributed by atoms with E-state index in [2.05, 4.69) is 11.4 Å². The number of nitrogens with zero attached hydrogens (tertiary/aromatic N) is 1. The van der Waals surface area contributed by atoms with E-state index >= 15 is 0 Å². The van der Waals surface area contributed by atoms with Gasteiger partial charge in [-0.3, -0.25) is 9.59 Å². The number of benzene rings is 2. The fourth-order valence-corrected chi connectivity index (χ4v) is 2.54. The van der Waals surface area contributed by atoms with Crippen molar-refractivity contribution in [3.05, 3.63) is 65.7 Å². The first-order chi connectivity index (χ1) is 14.7. The van der Waals surface area contributed by atoms with Gasteiger partial charge >= 0.3 is 5.97 Å². The van der Waals surface area contributed by atoms with Gasteiger partial charge in [-0.15, -0.1) is 0 Å². The Morgan fingerprint density at radius 2 is 1.58 bits per heavy atom. The van der Waals surface area contributed by atoms with E-state index in [-0.39, 0.29) is 11.7 Å². The lowest BCUT2D eigenvalue weighted by molar-refractivity contribution is -0.157. The van der Waals surface area contributed by atoms with E-state index in [0.717, 1.165) is 0 Å². The smallest absolute Gasteiger partial charge is 0.344 e. The van der Waals surface area contributed by atoms with Gasteiger partial charge in [0, 0.05) is 11.1 Å². The van der Waals surface area contributed by atoms with Crippen molar-refractivity contribution in [3.63, 3.8) is 0 Å². The van der Waals surface area contributed by atoms with E-state index < -0.39 is 30.1 Å². The van der Waals surface area contributed by atoms with E-state index in [1.807, 2.05) is 19.9 Å². The summed E-state index contributed by atoms with van der Waals surface area (Å²) < 4.78 is 10.5. The molecule has 0 fully saturated rings. The number of carbonyl (C=O) groups excluding carboxylic acids is 3. The Balaban J connectivity index is 1.86. The highest BCUT2D eigenvalue weighted by Gasteiger charge is 2.32. The van der Waals surface area contributed by atoms with Crippen molar-refractivity contribution in [3.8, 4) is 11.8 Å². The summed E-state index contributed by atoms with van der Waals surface area (Å²) in [6, 6.07) is 17.4. The highest BCUT2D eigenvalue weighted by molar-refractivity contribution is 6.09. The average Bonchev–Trinajstić information content (AvgIpc) is 2.77. The minimum Gasteiger partial charge on any atom is -0.482 e. The van der Waals surface area contributed by atoms with Gasteiger partial charge in [0.25, 0.3) is 5.91 Å². The van der Waals surface area contributed by atoms with E-state index in [0.29, 0.717) is 16.9 Å². The molecule has 0 aromatic heterocycles. The molecule has 1 N–H and O–H groups in total. The zero-order valence-corrected chi connectivity index (χ0v) is 18.0. The molecule has 0 saturated carbocycles. The largest absolute Gasteiger partial charge is 0.482 e. The van der Waals surface area contributed by atoms with Gasteiger partial charge in [-0.25, -0.2) is 4.79 Å². The molecule has 0 heterocycles. The van der Waals surface area contributed by atoms with Crippen molar-refractivity contribution >= 4 is 17.7 Å². The Kier molecular flexibility index (Phi) is 7.92. The number of esters is 1. The van der Waals surface area contributed by atoms with Crippen LogP contribution in [-0.2, 0) is 14.3 Å². The molecule has 0 saturated heterocycles. The molecule has 0 radical (unpaired) electrons. The van der Waals surface area contributed by atoms with Crippen molar-refractivity contribution in [2.24, 2.45) is 5.92 Å². The summed E-state index contributed by atoms with van der Waals surface area (Å²) in [5.74, 6) is -1.14. The molecule has 2 aromatic rings. The number of ketones is 1. The Bertz CT molecular complexity index is 964. The Morgan fingerprint density at radius 3 is 2.13 bits per heavy atom. The molecule has 2 aromatic carbocycles. The van der Waals surface area contributed by atoms with Crippen molar-refractivity contribution in [1.29, 1.82) is 5.26 Å². The molecule has 31 heavy (non-hydrogen) atoms. The van der Waals surface area contributed by atoms with Gasteiger partial charge in [-0.05, 0) is 44.0 Å². The van der Waals surface area contributed by atoms with Crippen LogP contribution >= 0.6 is 0 Å². The fraction of sp³-hybridized carbons (Fsp3) is 0.333. The van der Waals surface area contributed by atoms with Gasteiger partial charge < -0.3 is 14.8 Å². The lowest BCUT2D eigenvalue weighted by atomic mass is 9.90. The van der Waals surface area contributed by atoms with Gasteiger partial charge in [0.05, 0.1) is 6.07 Å². The number of amides is 1. The molecule has 0 unspecified atom stereocenters. The van der Waals surface area contributed by atoms with Crippen molar-refractivity contribution in [2.75, 3.05) is 6.61 Å². The number of hydrogen-bond acceptors (Lipinski definition) is 6. The normalized spacial score (nSPS) is 13.4. The number of nitriles is 1.